The number of hydrogen-bond donors (Lipinski definition) is 1. The van der Waals surface area contributed by atoms with Gasteiger partial charge in [0.1, 0.15) is 6.10 Å². The molecule has 0 aliphatic carbocycles. The molecular formula is C16H15F3O. The SMILES string of the molecule is CCc1ccccc1C(O)c1cccc(C(F)(F)F)c1. The first-order valence-electron chi connectivity index (χ1n) is 6.36. The first-order valence-corrected chi connectivity index (χ1v) is 6.36. The molecule has 0 heterocycles. The summed E-state index contributed by atoms with van der Waals surface area (Å²) in [7, 11) is 0. The standard InChI is InChI=1S/C16H15F3O/c1-2-11-6-3-4-9-14(11)15(20)12-7-5-8-13(10-12)16(17,18)19/h3-10,15,20H,2H2,1H3. The van der Waals surface area contributed by atoms with Gasteiger partial charge in [0.15, 0.2) is 0 Å². The van der Waals surface area contributed by atoms with Gasteiger partial charge in [0.25, 0.3) is 0 Å². The molecule has 0 saturated carbocycles. The van der Waals surface area contributed by atoms with Crippen molar-refractivity contribution >= 4 is 0 Å². The second-order valence-corrected chi connectivity index (χ2v) is 4.58. The zero-order valence-electron chi connectivity index (χ0n) is 11.0. The van der Waals surface area contributed by atoms with Crippen LogP contribution in [0.2, 0.25) is 0 Å². The Kier molecular flexibility index (Phi) is 4.14. The largest absolute Gasteiger partial charge is 0.416 e. The molecule has 2 rings (SSSR count). The number of alkyl halides is 3. The summed E-state index contributed by atoms with van der Waals surface area (Å²) >= 11 is 0. The highest BCUT2D eigenvalue weighted by atomic mass is 19.4. The van der Waals surface area contributed by atoms with Crippen LogP contribution in [0.4, 0.5) is 13.2 Å². The van der Waals surface area contributed by atoms with Crippen molar-refractivity contribution in [2.75, 3.05) is 0 Å². The number of aliphatic hydroxyl groups excluding tert-OH is 1. The summed E-state index contributed by atoms with van der Waals surface area (Å²) in [5.41, 5.74) is 1.08. The van der Waals surface area contributed by atoms with Crippen LogP contribution in [-0.2, 0) is 12.6 Å². The first kappa shape index (κ1) is 14.6. The molecule has 106 valence electrons. The Morgan fingerprint density at radius 3 is 2.40 bits per heavy atom. The van der Waals surface area contributed by atoms with Crippen LogP contribution in [0.25, 0.3) is 0 Å². The lowest BCUT2D eigenvalue weighted by Crippen LogP contribution is -2.08. The van der Waals surface area contributed by atoms with Crippen molar-refractivity contribution in [1.29, 1.82) is 0 Å². The highest BCUT2D eigenvalue weighted by Crippen LogP contribution is 2.32. The van der Waals surface area contributed by atoms with E-state index in [0.29, 0.717) is 12.0 Å². The maximum Gasteiger partial charge on any atom is 0.416 e. The van der Waals surface area contributed by atoms with E-state index in [1.165, 1.54) is 12.1 Å². The molecule has 1 N–H and O–H groups in total. The van der Waals surface area contributed by atoms with E-state index in [1.807, 2.05) is 19.1 Å². The maximum absolute atomic E-state index is 12.7. The molecule has 0 aliphatic heterocycles. The number of rotatable bonds is 3. The minimum Gasteiger partial charge on any atom is -0.384 e. The van der Waals surface area contributed by atoms with Crippen molar-refractivity contribution in [3.8, 4) is 0 Å². The Labute approximate surface area is 115 Å². The lowest BCUT2D eigenvalue weighted by Gasteiger charge is -2.16. The monoisotopic (exact) mass is 280 g/mol. The summed E-state index contributed by atoms with van der Waals surface area (Å²) in [4.78, 5) is 0. The molecule has 2 aromatic carbocycles. The van der Waals surface area contributed by atoms with Crippen molar-refractivity contribution in [2.45, 2.75) is 25.6 Å². The Morgan fingerprint density at radius 1 is 1.05 bits per heavy atom. The van der Waals surface area contributed by atoms with Crippen molar-refractivity contribution in [3.63, 3.8) is 0 Å². The van der Waals surface area contributed by atoms with Crippen molar-refractivity contribution in [3.05, 3.63) is 70.8 Å². The summed E-state index contributed by atoms with van der Waals surface area (Å²) < 4.78 is 38.1. The molecule has 2 aromatic rings. The van der Waals surface area contributed by atoms with Crippen LogP contribution in [0.15, 0.2) is 48.5 Å². The quantitative estimate of drug-likeness (QED) is 0.886. The molecular weight excluding hydrogens is 265 g/mol. The van der Waals surface area contributed by atoms with E-state index in [1.54, 1.807) is 12.1 Å². The minimum atomic E-state index is -4.40. The van der Waals surface area contributed by atoms with E-state index < -0.39 is 17.8 Å². The van der Waals surface area contributed by atoms with Gasteiger partial charge < -0.3 is 5.11 Å². The minimum absolute atomic E-state index is 0.251. The molecule has 0 fully saturated rings. The summed E-state index contributed by atoms with van der Waals surface area (Å²) in [5.74, 6) is 0. The van der Waals surface area contributed by atoms with E-state index >= 15 is 0 Å². The Hall–Kier alpha value is -1.81. The molecule has 0 saturated heterocycles. The van der Waals surface area contributed by atoms with Crippen molar-refractivity contribution in [2.24, 2.45) is 0 Å². The van der Waals surface area contributed by atoms with Gasteiger partial charge in [-0.15, -0.1) is 0 Å². The molecule has 0 amide bonds. The second kappa shape index (κ2) is 5.67. The average Bonchev–Trinajstić information content (AvgIpc) is 2.45. The number of halogens is 3. The van der Waals surface area contributed by atoms with Gasteiger partial charge in [-0.3, -0.25) is 0 Å². The number of hydrogen-bond acceptors (Lipinski definition) is 1. The average molecular weight is 280 g/mol. The summed E-state index contributed by atoms with van der Waals surface area (Å²) in [5, 5.41) is 10.3. The summed E-state index contributed by atoms with van der Waals surface area (Å²) in [6.07, 6.45) is -4.74. The van der Waals surface area contributed by atoms with Crippen LogP contribution in [0.1, 0.15) is 35.3 Å². The van der Waals surface area contributed by atoms with Crippen LogP contribution >= 0.6 is 0 Å². The Morgan fingerprint density at radius 2 is 1.75 bits per heavy atom. The second-order valence-electron chi connectivity index (χ2n) is 4.58. The van der Waals surface area contributed by atoms with Gasteiger partial charge >= 0.3 is 6.18 Å². The molecule has 0 radical (unpaired) electrons. The summed E-state index contributed by atoms with van der Waals surface area (Å²) in [6, 6.07) is 12.0. The topological polar surface area (TPSA) is 20.2 Å². The van der Waals surface area contributed by atoms with Gasteiger partial charge in [0, 0.05) is 0 Å². The van der Waals surface area contributed by atoms with E-state index in [-0.39, 0.29) is 5.56 Å². The molecule has 20 heavy (non-hydrogen) atoms. The first-order chi connectivity index (χ1) is 9.43. The molecule has 1 atom stereocenters. The van der Waals surface area contributed by atoms with E-state index in [2.05, 4.69) is 0 Å². The molecule has 0 bridgehead atoms. The van der Waals surface area contributed by atoms with E-state index in [4.69, 9.17) is 0 Å². The molecule has 1 unspecified atom stereocenters. The maximum atomic E-state index is 12.7. The molecule has 0 spiro atoms. The fourth-order valence-corrected chi connectivity index (χ4v) is 2.19. The molecule has 1 nitrogen and oxygen atoms in total. The van der Waals surface area contributed by atoms with Crippen LogP contribution in [0, 0.1) is 0 Å². The zero-order valence-corrected chi connectivity index (χ0v) is 11.0. The van der Waals surface area contributed by atoms with Gasteiger partial charge in [-0.05, 0) is 35.2 Å². The molecule has 0 aromatic heterocycles. The molecule has 4 heteroatoms. The molecule has 0 aliphatic rings. The zero-order chi connectivity index (χ0) is 14.8. The number of benzene rings is 2. The number of aliphatic hydroxyl groups is 1. The lowest BCUT2D eigenvalue weighted by molar-refractivity contribution is -0.137. The van der Waals surface area contributed by atoms with Crippen LogP contribution in [0.3, 0.4) is 0 Å². The van der Waals surface area contributed by atoms with E-state index in [9.17, 15) is 18.3 Å². The van der Waals surface area contributed by atoms with Gasteiger partial charge in [0.05, 0.1) is 5.56 Å². The Balaban J connectivity index is 2.41. The smallest absolute Gasteiger partial charge is 0.384 e. The van der Waals surface area contributed by atoms with Crippen LogP contribution in [-0.4, -0.2) is 5.11 Å². The lowest BCUT2D eigenvalue weighted by atomic mass is 9.94. The predicted octanol–water partition coefficient (Wildman–Crippen LogP) is 4.35. The van der Waals surface area contributed by atoms with Gasteiger partial charge in [0.2, 0.25) is 0 Å². The number of aryl methyl sites for hydroxylation is 1. The van der Waals surface area contributed by atoms with Gasteiger partial charge in [-0.25, -0.2) is 0 Å². The van der Waals surface area contributed by atoms with Crippen molar-refractivity contribution < 1.29 is 18.3 Å². The van der Waals surface area contributed by atoms with Crippen molar-refractivity contribution in [1.82, 2.24) is 0 Å². The van der Waals surface area contributed by atoms with Crippen LogP contribution in [0.5, 0.6) is 0 Å². The van der Waals surface area contributed by atoms with Gasteiger partial charge in [-0.2, -0.15) is 13.2 Å². The fraction of sp³-hybridized carbons (Fsp3) is 0.250. The van der Waals surface area contributed by atoms with Gasteiger partial charge in [-0.1, -0.05) is 43.3 Å². The van der Waals surface area contributed by atoms with E-state index in [0.717, 1.165) is 17.7 Å². The highest BCUT2D eigenvalue weighted by Gasteiger charge is 2.31. The third-order valence-corrected chi connectivity index (χ3v) is 3.26. The van der Waals surface area contributed by atoms with Crippen LogP contribution < -0.4 is 0 Å². The Bertz CT molecular complexity index is 590. The predicted molar refractivity (Wildman–Crippen MR) is 71.3 cm³/mol. The fourth-order valence-electron chi connectivity index (χ4n) is 2.19. The summed E-state index contributed by atoms with van der Waals surface area (Å²) in [6.45, 7) is 1.94. The third kappa shape index (κ3) is 3.02. The highest BCUT2D eigenvalue weighted by molar-refractivity contribution is 5.37. The third-order valence-electron chi connectivity index (χ3n) is 3.26. The normalized spacial score (nSPS) is 13.2.